The normalized spacial score (nSPS) is 42.8. The van der Waals surface area contributed by atoms with Gasteiger partial charge in [0.25, 0.3) is 0 Å². The lowest BCUT2D eigenvalue weighted by molar-refractivity contribution is 0.0258. The largest absolute Gasteiger partial charge is 0.330 e. The van der Waals surface area contributed by atoms with Gasteiger partial charge in [0.2, 0.25) is 0 Å². The summed E-state index contributed by atoms with van der Waals surface area (Å²) in [7, 11) is 0. The lowest BCUT2D eigenvalue weighted by atomic mass is 9.81. The van der Waals surface area contributed by atoms with E-state index in [2.05, 4.69) is 16.7 Å². The third-order valence-electron chi connectivity index (χ3n) is 5.98. The first-order valence-corrected chi connectivity index (χ1v) is 8.51. The maximum absolute atomic E-state index is 6.06. The lowest BCUT2D eigenvalue weighted by Gasteiger charge is -2.47. The van der Waals surface area contributed by atoms with Crippen LogP contribution in [0.1, 0.15) is 45.4 Å². The van der Waals surface area contributed by atoms with Gasteiger partial charge in [0.1, 0.15) is 0 Å². The Balaban J connectivity index is 1.71. The smallest absolute Gasteiger partial charge is 0.0151 e. The molecule has 0 aromatic carbocycles. The van der Waals surface area contributed by atoms with Crippen molar-refractivity contribution in [1.29, 1.82) is 0 Å². The summed E-state index contributed by atoms with van der Waals surface area (Å²) in [6.45, 7) is 8.53. The second-order valence-corrected chi connectivity index (χ2v) is 6.88. The average molecular weight is 265 g/mol. The van der Waals surface area contributed by atoms with E-state index in [0.717, 1.165) is 30.5 Å². The highest BCUT2D eigenvalue weighted by molar-refractivity contribution is 4.95. The maximum atomic E-state index is 6.06. The SMILES string of the molecule is CCN(C1CCCCC1CN)C1CCN2CCC1C2. The van der Waals surface area contributed by atoms with Crippen molar-refractivity contribution in [3.63, 3.8) is 0 Å². The first kappa shape index (κ1) is 13.8. The molecule has 3 aliphatic rings. The zero-order valence-electron chi connectivity index (χ0n) is 12.6. The van der Waals surface area contributed by atoms with Crippen molar-refractivity contribution in [2.45, 2.75) is 57.5 Å². The Morgan fingerprint density at radius 3 is 2.63 bits per heavy atom. The van der Waals surface area contributed by atoms with Crippen molar-refractivity contribution in [1.82, 2.24) is 9.80 Å². The molecule has 5 unspecified atom stereocenters. The highest BCUT2D eigenvalue weighted by Gasteiger charge is 2.40. The van der Waals surface area contributed by atoms with Crippen LogP contribution in [-0.4, -0.2) is 54.6 Å². The van der Waals surface area contributed by atoms with E-state index in [-0.39, 0.29) is 0 Å². The molecule has 1 aliphatic carbocycles. The topological polar surface area (TPSA) is 32.5 Å². The Hall–Kier alpha value is -0.120. The fourth-order valence-corrected chi connectivity index (χ4v) is 4.98. The molecule has 0 spiro atoms. The van der Waals surface area contributed by atoms with Crippen molar-refractivity contribution >= 4 is 0 Å². The molecule has 2 bridgehead atoms. The number of nitrogens with zero attached hydrogens (tertiary/aromatic N) is 2. The summed E-state index contributed by atoms with van der Waals surface area (Å²) in [5.74, 6) is 1.70. The molecule has 2 aliphatic heterocycles. The van der Waals surface area contributed by atoms with Crippen molar-refractivity contribution in [3.05, 3.63) is 0 Å². The number of piperidine rings is 1. The maximum Gasteiger partial charge on any atom is 0.0151 e. The molecule has 3 nitrogen and oxygen atoms in total. The molecule has 3 rings (SSSR count). The summed E-state index contributed by atoms with van der Waals surface area (Å²) >= 11 is 0. The Morgan fingerprint density at radius 1 is 1.05 bits per heavy atom. The zero-order chi connectivity index (χ0) is 13.2. The first-order chi connectivity index (χ1) is 9.33. The van der Waals surface area contributed by atoms with Gasteiger partial charge in [-0.25, -0.2) is 0 Å². The van der Waals surface area contributed by atoms with Gasteiger partial charge in [0, 0.05) is 18.6 Å². The van der Waals surface area contributed by atoms with Crippen LogP contribution in [-0.2, 0) is 0 Å². The van der Waals surface area contributed by atoms with Crippen LogP contribution in [0.5, 0.6) is 0 Å². The minimum atomic E-state index is 0.758. The highest BCUT2D eigenvalue weighted by Crippen LogP contribution is 2.36. The van der Waals surface area contributed by atoms with Crippen molar-refractivity contribution in [3.8, 4) is 0 Å². The van der Waals surface area contributed by atoms with Gasteiger partial charge in [-0.1, -0.05) is 19.8 Å². The lowest BCUT2D eigenvalue weighted by Crippen LogP contribution is -2.54. The molecular formula is C16H31N3. The molecule has 0 aromatic heterocycles. The molecule has 2 saturated heterocycles. The van der Waals surface area contributed by atoms with E-state index in [0.29, 0.717) is 0 Å². The Labute approximate surface area is 118 Å². The van der Waals surface area contributed by atoms with Gasteiger partial charge in [-0.05, 0) is 63.7 Å². The van der Waals surface area contributed by atoms with Gasteiger partial charge in [0.05, 0.1) is 0 Å². The Kier molecular flexibility index (Phi) is 4.45. The van der Waals surface area contributed by atoms with Gasteiger partial charge < -0.3 is 10.6 Å². The monoisotopic (exact) mass is 265 g/mol. The number of hydrogen-bond donors (Lipinski definition) is 1. The minimum absolute atomic E-state index is 0.758. The van der Waals surface area contributed by atoms with E-state index < -0.39 is 0 Å². The van der Waals surface area contributed by atoms with E-state index >= 15 is 0 Å². The van der Waals surface area contributed by atoms with Crippen LogP contribution in [0, 0.1) is 11.8 Å². The van der Waals surface area contributed by atoms with Crippen LogP contribution in [0.4, 0.5) is 0 Å². The predicted molar refractivity (Wildman–Crippen MR) is 80.1 cm³/mol. The highest BCUT2D eigenvalue weighted by atomic mass is 15.2. The van der Waals surface area contributed by atoms with E-state index in [4.69, 9.17) is 5.73 Å². The van der Waals surface area contributed by atoms with Crippen LogP contribution >= 0.6 is 0 Å². The number of rotatable bonds is 4. The van der Waals surface area contributed by atoms with Crippen LogP contribution < -0.4 is 5.73 Å². The minimum Gasteiger partial charge on any atom is -0.330 e. The van der Waals surface area contributed by atoms with Crippen LogP contribution in [0.25, 0.3) is 0 Å². The predicted octanol–water partition coefficient (Wildman–Crippen LogP) is 1.92. The molecule has 2 heterocycles. The van der Waals surface area contributed by atoms with Crippen LogP contribution in [0.3, 0.4) is 0 Å². The summed E-state index contributed by atoms with van der Waals surface area (Å²) in [6, 6.07) is 1.63. The standard InChI is InChI=1S/C16H31N3/c1-2-19(15-6-4-3-5-13(15)11-17)16-8-10-18-9-7-14(16)12-18/h13-16H,2-12,17H2,1H3. The second-order valence-electron chi connectivity index (χ2n) is 6.88. The summed E-state index contributed by atoms with van der Waals surface area (Å²) in [6.07, 6.45) is 8.40. The zero-order valence-corrected chi connectivity index (χ0v) is 12.6. The first-order valence-electron chi connectivity index (χ1n) is 8.51. The molecule has 0 aromatic rings. The van der Waals surface area contributed by atoms with E-state index in [1.54, 1.807) is 0 Å². The van der Waals surface area contributed by atoms with Gasteiger partial charge in [-0.15, -0.1) is 0 Å². The molecule has 5 atom stereocenters. The molecule has 3 heteroatoms. The second kappa shape index (κ2) is 6.11. The Morgan fingerprint density at radius 2 is 1.84 bits per heavy atom. The van der Waals surface area contributed by atoms with Gasteiger partial charge in [0.15, 0.2) is 0 Å². The molecule has 110 valence electrons. The quantitative estimate of drug-likeness (QED) is 0.843. The fourth-order valence-electron chi connectivity index (χ4n) is 4.98. The van der Waals surface area contributed by atoms with Crippen LogP contribution in [0.2, 0.25) is 0 Å². The van der Waals surface area contributed by atoms with E-state index in [1.165, 1.54) is 64.7 Å². The van der Waals surface area contributed by atoms with Gasteiger partial charge >= 0.3 is 0 Å². The molecule has 2 N–H and O–H groups in total. The summed E-state index contributed by atoms with van der Waals surface area (Å²) in [4.78, 5) is 5.53. The Bertz CT molecular complexity index is 288. The molecule has 19 heavy (non-hydrogen) atoms. The molecule has 1 saturated carbocycles. The van der Waals surface area contributed by atoms with E-state index in [9.17, 15) is 0 Å². The fraction of sp³-hybridized carbons (Fsp3) is 1.00. The number of hydrogen-bond acceptors (Lipinski definition) is 3. The van der Waals surface area contributed by atoms with E-state index in [1.807, 2.05) is 0 Å². The molecule has 0 radical (unpaired) electrons. The average Bonchev–Trinajstić information content (AvgIpc) is 2.84. The van der Waals surface area contributed by atoms with Gasteiger partial charge in [-0.2, -0.15) is 0 Å². The summed E-state index contributed by atoms with van der Waals surface area (Å²) in [5, 5.41) is 0. The summed E-state index contributed by atoms with van der Waals surface area (Å²) < 4.78 is 0. The third kappa shape index (κ3) is 2.70. The third-order valence-corrected chi connectivity index (χ3v) is 5.98. The number of fused-ring (bicyclic) bond motifs is 2. The van der Waals surface area contributed by atoms with Crippen LogP contribution in [0.15, 0.2) is 0 Å². The van der Waals surface area contributed by atoms with Crippen molar-refractivity contribution < 1.29 is 0 Å². The molecular weight excluding hydrogens is 234 g/mol. The molecule has 3 fully saturated rings. The summed E-state index contributed by atoms with van der Waals surface area (Å²) in [5.41, 5.74) is 6.06. The molecule has 0 amide bonds. The van der Waals surface area contributed by atoms with Crippen molar-refractivity contribution in [2.75, 3.05) is 32.7 Å². The van der Waals surface area contributed by atoms with Crippen molar-refractivity contribution in [2.24, 2.45) is 17.6 Å². The number of nitrogens with two attached hydrogens (primary N) is 1. The van der Waals surface area contributed by atoms with Gasteiger partial charge in [-0.3, -0.25) is 4.90 Å².